The van der Waals surface area contributed by atoms with Crippen LogP contribution in [0.2, 0.25) is 0 Å². The predicted octanol–water partition coefficient (Wildman–Crippen LogP) is 4.14. The number of aromatic nitrogens is 1. The molecule has 0 radical (unpaired) electrons. The van der Waals surface area contributed by atoms with Crippen molar-refractivity contribution < 1.29 is 9.47 Å². The first-order chi connectivity index (χ1) is 11.8. The second-order valence-corrected chi connectivity index (χ2v) is 6.89. The first-order valence-corrected chi connectivity index (χ1v) is 8.70. The molecule has 2 heterocycles. The summed E-state index contributed by atoms with van der Waals surface area (Å²) in [6.07, 6.45) is 1.95. The summed E-state index contributed by atoms with van der Waals surface area (Å²) in [4.78, 5) is 5.72. The van der Waals surface area contributed by atoms with Gasteiger partial charge in [0.25, 0.3) is 0 Å². The van der Waals surface area contributed by atoms with Crippen LogP contribution in [0.1, 0.15) is 16.1 Å². The van der Waals surface area contributed by atoms with E-state index in [1.54, 1.807) is 11.3 Å². The van der Waals surface area contributed by atoms with E-state index < -0.39 is 0 Å². The largest absolute Gasteiger partial charge is 0.454 e. The van der Waals surface area contributed by atoms with Crippen LogP contribution in [0.4, 0.5) is 0 Å². The van der Waals surface area contributed by atoms with E-state index in [0.717, 1.165) is 29.6 Å². The fourth-order valence-corrected chi connectivity index (χ4v) is 3.50. The Bertz CT molecular complexity index is 843. The van der Waals surface area contributed by atoms with E-state index in [1.807, 2.05) is 18.3 Å². The van der Waals surface area contributed by atoms with Crippen LogP contribution in [0, 0.1) is 6.92 Å². The number of hydrogen-bond acceptors (Lipinski definition) is 5. The van der Waals surface area contributed by atoms with Gasteiger partial charge in [-0.1, -0.05) is 35.9 Å². The lowest BCUT2D eigenvalue weighted by Gasteiger charge is -2.04. The van der Waals surface area contributed by atoms with E-state index in [1.165, 1.54) is 21.6 Å². The van der Waals surface area contributed by atoms with Gasteiger partial charge in [0, 0.05) is 19.3 Å². The molecule has 0 spiro atoms. The predicted molar refractivity (Wildman–Crippen MR) is 95.4 cm³/mol. The third kappa shape index (κ3) is 3.27. The van der Waals surface area contributed by atoms with Gasteiger partial charge in [-0.15, -0.1) is 11.3 Å². The normalized spacial score (nSPS) is 12.5. The molecule has 0 saturated heterocycles. The van der Waals surface area contributed by atoms with Crippen molar-refractivity contribution in [2.75, 3.05) is 6.79 Å². The maximum atomic E-state index is 5.40. The van der Waals surface area contributed by atoms with Gasteiger partial charge in [0.05, 0.1) is 4.88 Å². The number of nitrogens with zero attached hydrogens (tertiary/aromatic N) is 1. The Kier molecular flexibility index (Phi) is 4.19. The van der Waals surface area contributed by atoms with Crippen molar-refractivity contribution in [3.05, 3.63) is 64.8 Å². The first-order valence-electron chi connectivity index (χ1n) is 7.89. The van der Waals surface area contributed by atoms with Crippen molar-refractivity contribution in [2.24, 2.45) is 0 Å². The molecule has 4 nitrogen and oxygen atoms in total. The number of nitrogens with one attached hydrogen (secondary N) is 1. The Morgan fingerprint density at radius 1 is 1.04 bits per heavy atom. The van der Waals surface area contributed by atoms with Gasteiger partial charge in [-0.05, 0) is 30.2 Å². The SMILES string of the molecule is Cc1ccc(-c2cnc(CNCc3ccc4c(c3)OCO4)s2)cc1. The highest BCUT2D eigenvalue weighted by Crippen LogP contribution is 2.32. The fourth-order valence-electron chi connectivity index (χ4n) is 2.61. The number of thiazole rings is 1. The average Bonchev–Trinajstić information content (AvgIpc) is 3.24. The van der Waals surface area contributed by atoms with Gasteiger partial charge in [-0.2, -0.15) is 0 Å². The summed E-state index contributed by atoms with van der Waals surface area (Å²) >= 11 is 1.73. The minimum absolute atomic E-state index is 0.313. The van der Waals surface area contributed by atoms with Crippen LogP contribution in [0.15, 0.2) is 48.7 Å². The maximum absolute atomic E-state index is 5.40. The van der Waals surface area contributed by atoms with Gasteiger partial charge in [-0.3, -0.25) is 0 Å². The Labute approximate surface area is 145 Å². The second kappa shape index (κ2) is 6.63. The molecule has 0 bridgehead atoms. The molecular weight excluding hydrogens is 320 g/mol. The monoisotopic (exact) mass is 338 g/mol. The lowest BCUT2D eigenvalue weighted by molar-refractivity contribution is 0.174. The highest BCUT2D eigenvalue weighted by Gasteiger charge is 2.13. The molecule has 122 valence electrons. The first kappa shape index (κ1) is 15.2. The van der Waals surface area contributed by atoms with Crippen molar-refractivity contribution in [3.63, 3.8) is 0 Å². The van der Waals surface area contributed by atoms with E-state index in [9.17, 15) is 0 Å². The zero-order chi connectivity index (χ0) is 16.4. The molecule has 0 unspecified atom stereocenters. The molecule has 0 saturated carbocycles. The van der Waals surface area contributed by atoms with E-state index in [0.29, 0.717) is 6.79 Å². The molecule has 0 aliphatic carbocycles. The lowest BCUT2D eigenvalue weighted by Crippen LogP contribution is -2.12. The minimum atomic E-state index is 0.313. The summed E-state index contributed by atoms with van der Waals surface area (Å²) in [5.41, 5.74) is 3.67. The Morgan fingerprint density at radius 3 is 2.75 bits per heavy atom. The number of benzene rings is 2. The van der Waals surface area contributed by atoms with Gasteiger partial charge >= 0.3 is 0 Å². The van der Waals surface area contributed by atoms with Crippen LogP contribution in [0.25, 0.3) is 10.4 Å². The molecule has 24 heavy (non-hydrogen) atoms. The van der Waals surface area contributed by atoms with Gasteiger partial charge in [0.15, 0.2) is 11.5 Å². The Morgan fingerprint density at radius 2 is 1.88 bits per heavy atom. The van der Waals surface area contributed by atoms with Crippen molar-refractivity contribution in [2.45, 2.75) is 20.0 Å². The molecule has 3 aromatic rings. The van der Waals surface area contributed by atoms with Gasteiger partial charge in [0.2, 0.25) is 6.79 Å². The van der Waals surface area contributed by atoms with Crippen LogP contribution >= 0.6 is 11.3 Å². The molecule has 4 rings (SSSR count). The zero-order valence-corrected chi connectivity index (χ0v) is 14.2. The highest BCUT2D eigenvalue weighted by molar-refractivity contribution is 7.15. The van der Waals surface area contributed by atoms with E-state index in [-0.39, 0.29) is 0 Å². The molecule has 1 aliphatic heterocycles. The molecule has 1 aliphatic rings. The second-order valence-electron chi connectivity index (χ2n) is 5.78. The van der Waals surface area contributed by atoms with E-state index in [4.69, 9.17) is 9.47 Å². The number of hydrogen-bond donors (Lipinski definition) is 1. The van der Waals surface area contributed by atoms with Crippen LogP contribution in [-0.2, 0) is 13.1 Å². The zero-order valence-electron chi connectivity index (χ0n) is 13.4. The van der Waals surface area contributed by atoms with Crippen molar-refractivity contribution in [1.29, 1.82) is 0 Å². The van der Waals surface area contributed by atoms with Crippen LogP contribution in [-0.4, -0.2) is 11.8 Å². The molecule has 2 aromatic carbocycles. The third-order valence-corrected chi connectivity index (χ3v) is 4.98. The summed E-state index contributed by atoms with van der Waals surface area (Å²) in [5, 5.41) is 4.52. The fraction of sp³-hybridized carbons (Fsp3) is 0.211. The molecule has 0 fully saturated rings. The van der Waals surface area contributed by atoms with E-state index >= 15 is 0 Å². The summed E-state index contributed by atoms with van der Waals surface area (Å²) in [5.74, 6) is 1.65. The third-order valence-electron chi connectivity index (χ3n) is 3.93. The Hall–Kier alpha value is -2.37. The van der Waals surface area contributed by atoms with Gasteiger partial charge < -0.3 is 14.8 Å². The summed E-state index contributed by atoms with van der Waals surface area (Å²) in [7, 11) is 0. The number of fused-ring (bicyclic) bond motifs is 1. The summed E-state index contributed by atoms with van der Waals surface area (Å²) in [6.45, 7) is 3.94. The van der Waals surface area contributed by atoms with Crippen molar-refractivity contribution >= 4 is 11.3 Å². The minimum Gasteiger partial charge on any atom is -0.454 e. The smallest absolute Gasteiger partial charge is 0.231 e. The highest BCUT2D eigenvalue weighted by atomic mass is 32.1. The molecule has 5 heteroatoms. The van der Waals surface area contributed by atoms with Crippen LogP contribution in [0.5, 0.6) is 11.5 Å². The maximum Gasteiger partial charge on any atom is 0.231 e. The Balaban J connectivity index is 1.36. The van der Waals surface area contributed by atoms with Crippen LogP contribution < -0.4 is 14.8 Å². The molecule has 1 aromatic heterocycles. The molecule has 0 atom stereocenters. The molecule has 1 N–H and O–H groups in total. The molecular formula is C19H18N2O2S. The van der Waals surface area contributed by atoms with E-state index in [2.05, 4.69) is 47.6 Å². The summed E-state index contributed by atoms with van der Waals surface area (Å²) in [6, 6.07) is 14.6. The summed E-state index contributed by atoms with van der Waals surface area (Å²) < 4.78 is 10.7. The van der Waals surface area contributed by atoms with Gasteiger partial charge in [-0.25, -0.2) is 4.98 Å². The van der Waals surface area contributed by atoms with Crippen molar-refractivity contribution in [3.8, 4) is 21.9 Å². The number of aryl methyl sites for hydroxylation is 1. The average molecular weight is 338 g/mol. The van der Waals surface area contributed by atoms with Gasteiger partial charge in [0.1, 0.15) is 5.01 Å². The van der Waals surface area contributed by atoms with Crippen molar-refractivity contribution in [1.82, 2.24) is 10.3 Å². The quantitative estimate of drug-likeness (QED) is 0.759. The molecule has 0 amide bonds. The standard InChI is InChI=1S/C19H18N2O2S/c1-13-2-5-15(6-3-13)18-10-21-19(24-18)11-20-9-14-4-7-16-17(8-14)23-12-22-16/h2-8,10,20H,9,11-12H2,1H3. The number of rotatable bonds is 5. The van der Waals surface area contributed by atoms with Crippen LogP contribution in [0.3, 0.4) is 0 Å². The lowest BCUT2D eigenvalue weighted by atomic mass is 10.1. The topological polar surface area (TPSA) is 43.4 Å². The number of ether oxygens (including phenoxy) is 2.